The third-order valence-corrected chi connectivity index (χ3v) is 7.11. The van der Waals surface area contributed by atoms with E-state index in [4.69, 9.17) is 4.98 Å². The SMILES string of the molecule is CCN1CCN(Cc2ccc(NC(=O)c3ccc4c(=O)n5c(nc4c3)CCCCC5)cc2)CC1. The molecule has 7 heteroatoms. The van der Waals surface area contributed by atoms with Crippen LogP contribution >= 0.6 is 0 Å². The summed E-state index contributed by atoms with van der Waals surface area (Å²) in [6.45, 7) is 9.43. The molecule has 3 aromatic rings. The molecular weight excluding hydrogens is 426 g/mol. The number of carbonyl (C=O) groups excluding carboxylic acids is 1. The fourth-order valence-electron chi connectivity index (χ4n) is 4.98. The average molecular weight is 460 g/mol. The number of rotatable bonds is 5. The van der Waals surface area contributed by atoms with Crippen molar-refractivity contribution in [3.8, 4) is 0 Å². The molecule has 7 nitrogen and oxygen atoms in total. The number of amides is 1. The van der Waals surface area contributed by atoms with Crippen LogP contribution in [0, 0.1) is 0 Å². The number of aromatic nitrogens is 2. The van der Waals surface area contributed by atoms with Crippen LogP contribution in [0.4, 0.5) is 5.69 Å². The zero-order valence-electron chi connectivity index (χ0n) is 19.9. The summed E-state index contributed by atoms with van der Waals surface area (Å²) in [6, 6.07) is 13.3. The monoisotopic (exact) mass is 459 g/mol. The first-order chi connectivity index (χ1) is 16.6. The maximum absolute atomic E-state index is 12.9. The summed E-state index contributed by atoms with van der Waals surface area (Å²) in [7, 11) is 0. The Bertz CT molecular complexity index is 1230. The lowest BCUT2D eigenvalue weighted by atomic mass is 10.1. The number of aryl methyl sites for hydroxylation is 1. The first kappa shape index (κ1) is 22.7. The summed E-state index contributed by atoms with van der Waals surface area (Å²) in [5, 5.41) is 3.56. The second-order valence-corrected chi connectivity index (χ2v) is 9.39. The van der Waals surface area contributed by atoms with Crippen molar-refractivity contribution in [3.63, 3.8) is 0 Å². The largest absolute Gasteiger partial charge is 0.322 e. The lowest BCUT2D eigenvalue weighted by Crippen LogP contribution is -2.45. The van der Waals surface area contributed by atoms with Crippen LogP contribution in [0.3, 0.4) is 0 Å². The van der Waals surface area contributed by atoms with Crippen molar-refractivity contribution in [3.05, 3.63) is 69.8 Å². The summed E-state index contributed by atoms with van der Waals surface area (Å²) in [4.78, 5) is 35.5. The molecule has 0 spiro atoms. The molecule has 1 N–H and O–H groups in total. The van der Waals surface area contributed by atoms with Gasteiger partial charge in [-0.25, -0.2) is 4.98 Å². The molecule has 178 valence electrons. The van der Waals surface area contributed by atoms with Crippen molar-refractivity contribution in [1.29, 1.82) is 0 Å². The summed E-state index contributed by atoms with van der Waals surface area (Å²) in [6.07, 6.45) is 3.97. The number of nitrogens with zero attached hydrogens (tertiary/aromatic N) is 4. The Morgan fingerprint density at radius 3 is 2.47 bits per heavy atom. The quantitative estimate of drug-likeness (QED) is 0.632. The van der Waals surface area contributed by atoms with Gasteiger partial charge in [0.15, 0.2) is 0 Å². The van der Waals surface area contributed by atoms with Crippen molar-refractivity contribution in [2.45, 2.75) is 45.7 Å². The molecule has 0 atom stereocenters. The molecule has 2 aliphatic rings. The van der Waals surface area contributed by atoms with E-state index in [1.165, 1.54) is 5.56 Å². The van der Waals surface area contributed by atoms with E-state index in [2.05, 4.69) is 34.2 Å². The second-order valence-electron chi connectivity index (χ2n) is 9.39. The number of hydrogen-bond donors (Lipinski definition) is 1. The van der Waals surface area contributed by atoms with Gasteiger partial charge >= 0.3 is 0 Å². The van der Waals surface area contributed by atoms with Gasteiger partial charge in [0.05, 0.1) is 10.9 Å². The first-order valence-corrected chi connectivity index (χ1v) is 12.5. The van der Waals surface area contributed by atoms with E-state index >= 15 is 0 Å². The number of benzene rings is 2. The number of anilines is 1. The number of hydrogen-bond acceptors (Lipinski definition) is 5. The molecule has 0 bridgehead atoms. The molecule has 1 fully saturated rings. The minimum Gasteiger partial charge on any atom is -0.322 e. The zero-order valence-corrected chi connectivity index (χ0v) is 19.9. The smallest absolute Gasteiger partial charge is 0.261 e. The Kier molecular flexibility index (Phi) is 6.74. The predicted octanol–water partition coefficient (Wildman–Crippen LogP) is 3.51. The molecule has 0 saturated carbocycles. The highest BCUT2D eigenvalue weighted by atomic mass is 16.1. The standard InChI is InChI=1S/C27H33N5O2/c1-2-30-14-16-31(17-15-30)19-20-7-10-22(11-8-20)28-26(33)21-9-12-23-24(18-21)29-25-6-4-3-5-13-32(25)27(23)34/h7-12,18H,2-6,13-17,19H2,1H3,(H,28,33). The third kappa shape index (κ3) is 4.91. The molecule has 0 aliphatic carbocycles. The topological polar surface area (TPSA) is 70.5 Å². The van der Waals surface area contributed by atoms with E-state index in [0.29, 0.717) is 16.5 Å². The van der Waals surface area contributed by atoms with Crippen LogP contribution in [0.5, 0.6) is 0 Å². The minimum absolute atomic E-state index is 0.000514. The summed E-state index contributed by atoms with van der Waals surface area (Å²) < 4.78 is 1.81. The summed E-state index contributed by atoms with van der Waals surface area (Å²) >= 11 is 0. The highest BCUT2D eigenvalue weighted by molar-refractivity contribution is 6.06. The average Bonchev–Trinajstić information content (AvgIpc) is 3.11. The lowest BCUT2D eigenvalue weighted by molar-refractivity contribution is 0.102. The van der Waals surface area contributed by atoms with Crippen LogP contribution in [0.1, 0.15) is 47.9 Å². The molecule has 2 aromatic carbocycles. The van der Waals surface area contributed by atoms with E-state index in [9.17, 15) is 9.59 Å². The third-order valence-electron chi connectivity index (χ3n) is 7.11. The Morgan fingerprint density at radius 1 is 0.941 bits per heavy atom. The minimum atomic E-state index is -0.192. The van der Waals surface area contributed by atoms with Crippen LogP contribution in [0.25, 0.3) is 10.9 Å². The second kappa shape index (κ2) is 10.1. The van der Waals surface area contributed by atoms with Crippen molar-refractivity contribution in [1.82, 2.24) is 19.4 Å². The Labute approximate surface area is 200 Å². The molecule has 1 amide bonds. The molecule has 5 rings (SSSR count). The van der Waals surface area contributed by atoms with Crippen LogP contribution in [0.15, 0.2) is 47.3 Å². The van der Waals surface area contributed by atoms with Gasteiger partial charge in [0.25, 0.3) is 11.5 Å². The van der Waals surface area contributed by atoms with Crippen LogP contribution < -0.4 is 10.9 Å². The van der Waals surface area contributed by atoms with E-state index in [-0.39, 0.29) is 11.5 Å². The van der Waals surface area contributed by atoms with E-state index in [0.717, 1.165) is 83.0 Å². The predicted molar refractivity (Wildman–Crippen MR) is 135 cm³/mol. The van der Waals surface area contributed by atoms with Gasteiger partial charge in [0.2, 0.25) is 0 Å². The Hall–Kier alpha value is -3.03. The van der Waals surface area contributed by atoms with Gasteiger partial charge in [0, 0.05) is 56.9 Å². The number of likely N-dealkylation sites (N-methyl/N-ethyl adjacent to an activating group) is 1. The fourth-order valence-corrected chi connectivity index (χ4v) is 4.98. The number of fused-ring (bicyclic) bond motifs is 2. The summed E-state index contributed by atoms with van der Waals surface area (Å²) in [5.41, 5.74) is 3.12. The van der Waals surface area contributed by atoms with Gasteiger partial charge in [-0.2, -0.15) is 0 Å². The maximum Gasteiger partial charge on any atom is 0.261 e. The van der Waals surface area contributed by atoms with Crippen molar-refractivity contribution < 1.29 is 4.79 Å². The Balaban J connectivity index is 1.26. The van der Waals surface area contributed by atoms with Crippen LogP contribution in [0.2, 0.25) is 0 Å². The normalized spacial score (nSPS) is 17.3. The van der Waals surface area contributed by atoms with E-state index < -0.39 is 0 Å². The molecular formula is C27H33N5O2. The molecule has 0 radical (unpaired) electrons. The van der Waals surface area contributed by atoms with Crippen molar-refractivity contribution in [2.24, 2.45) is 0 Å². The molecule has 1 aromatic heterocycles. The summed E-state index contributed by atoms with van der Waals surface area (Å²) in [5.74, 6) is 0.640. The van der Waals surface area contributed by atoms with Gasteiger partial charge in [-0.1, -0.05) is 25.5 Å². The molecule has 34 heavy (non-hydrogen) atoms. The fraction of sp³-hybridized carbons (Fsp3) is 0.444. The lowest BCUT2D eigenvalue weighted by Gasteiger charge is -2.34. The van der Waals surface area contributed by atoms with Crippen molar-refractivity contribution in [2.75, 3.05) is 38.0 Å². The van der Waals surface area contributed by atoms with Gasteiger partial charge < -0.3 is 10.2 Å². The molecule has 3 heterocycles. The first-order valence-electron chi connectivity index (χ1n) is 12.5. The van der Waals surface area contributed by atoms with Gasteiger partial charge in [-0.05, 0) is 55.3 Å². The van der Waals surface area contributed by atoms with Gasteiger partial charge in [0.1, 0.15) is 5.82 Å². The molecule has 0 unspecified atom stereocenters. The molecule has 1 saturated heterocycles. The Morgan fingerprint density at radius 2 is 1.71 bits per heavy atom. The maximum atomic E-state index is 12.9. The van der Waals surface area contributed by atoms with Gasteiger partial charge in [-0.15, -0.1) is 0 Å². The zero-order chi connectivity index (χ0) is 23.5. The highest BCUT2D eigenvalue weighted by Gasteiger charge is 2.17. The number of nitrogens with one attached hydrogen (secondary N) is 1. The number of carbonyl (C=O) groups is 1. The number of piperazine rings is 1. The van der Waals surface area contributed by atoms with Crippen LogP contribution in [-0.4, -0.2) is 58.0 Å². The van der Waals surface area contributed by atoms with Crippen LogP contribution in [-0.2, 0) is 19.5 Å². The highest BCUT2D eigenvalue weighted by Crippen LogP contribution is 2.18. The molecule has 2 aliphatic heterocycles. The van der Waals surface area contributed by atoms with Crippen molar-refractivity contribution >= 4 is 22.5 Å². The van der Waals surface area contributed by atoms with E-state index in [1.54, 1.807) is 22.8 Å². The van der Waals surface area contributed by atoms with Gasteiger partial charge in [-0.3, -0.25) is 19.1 Å². The van der Waals surface area contributed by atoms with E-state index in [1.807, 2.05) is 12.1 Å².